The summed E-state index contributed by atoms with van der Waals surface area (Å²) in [4.78, 5) is 10.2. The van der Waals surface area contributed by atoms with Gasteiger partial charge < -0.3 is 9.84 Å². The highest BCUT2D eigenvalue weighted by molar-refractivity contribution is 9.10. The number of hydrogen-bond acceptors (Lipinski definition) is 2. The number of hydrogen-bond donors (Lipinski definition) is 1. The molecule has 0 saturated carbocycles. The van der Waals surface area contributed by atoms with E-state index in [-0.39, 0.29) is 13.0 Å². The van der Waals surface area contributed by atoms with E-state index < -0.39 is 5.97 Å². The molecule has 3 nitrogen and oxygen atoms in total. The first-order valence-electron chi connectivity index (χ1n) is 4.22. The molecule has 0 aromatic heterocycles. The quantitative estimate of drug-likeness (QED) is 0.826. The molecule has 0 atom stereocenters. The van der Waals surface area contributed by atoms with Gasteiger partial charge in [0.1, 0.15) is 0 Å². The molecule has 0 saturated heterocycles. The van der Waals surface area contributed by atoms with Crippen molar-refractivity contribution < 1.29 is 14.6 Å². The number of aliphatic carboxylic acids is 1. The SMILES string of the molecule is O=C(O)CCOCc1cccc(Br)c1. The number of ether oxygens (including phenoxy) is 1. The lowest BCUT2D eigenvalue weighted by Gasteiger charge is -2.02. The molecule has 0 aliphatic heterocycles. The Hall–Kier alpha value is -0.870. The molecule has 4 heteroatoms. The van der Waals surface area contributed by atoms with Crippen molar-refractivity contribution in [3.63, 3.8) is 0 Å². The molecule has 0 radical (unpaired) electrons. The number of rotatable bonds is 5. The second-order valence-corrected chi connectivity index (χ2v) is 3.74. The number of carbonyl (C=O) groups is 1. The minimum Gasteiger partial charge on any atom is -0.481 e. The summed E-state index contributed by atoms with van der Waals surface area (Å²) in [6.07, 6.45) is 0.0496. The molecule has 1 aromatic carbocycles. The number of carboxylic acid groups (broad SMARTS) is 1. The Morgan fingerprint density at radius 2 is 2.29 bits per heavy atom. The van der Waals surface area contributed by atoms with Crippen molar-refractivity contribution in [3.8, 4) is 0 Å². The minimum absolute atomic E-state index is 0.0496. The predicted octanol–water partition coefficient (Wildman–Crippen LogP) is 2.44. The summed E-state index contributed by atoms with van der Waals surface area (Å²) in [5.74, 6) is -0.834. The lowest BCUT2D eigenvalue weighted by molar-refractivity contribution is -0.138. The van der Waals surface area contributed by atoms with E-state index in [4.69, 9.17) is 9.84 Å². The van der Waals surface area contributed by atoms with Gasteiger partial charge in [0.2, 0.25) is 0 Å². The topological polar surface area (TPSA) is 46.5 Å². The number of carboxylic acids is 1. The Balaban J connectivity index is 2.28. The maximum absolute atomic E-state index is 10.2. The van der Waals surface area contributed by atoms with Crippen LogP contribution in [0, 0.1) is 0 Å². The highest BCUT2D eigenvalue weighted by Crippen LogP contribution is 2.12. The summed E-state index contributed by atoms with van der Waals surface area (Å²) >= 11 is 3.34. The molecule has 14 heavy (non-hydrogen) atoms. The summed E-state index contributed by atoms with van der Waals surface area (Å²) in [5, 5.41) is 8.37. The first-order valence-corrected chi connectivity index (χ1v) is 5.02. The molecule has 1 aromatic rings. The van der Waals surface area contributed by atoms with E-state index in [2.05, 4.69) is 15.9 Å². The fraction of sp³-hybridized carbons (Fsp3) is 0.300. The van der Waals surface area contributed by atoms with Crippen molar-refractivity contribution in [2.45, 2.75) is 13.0 Å². The zero-order valence-electron chi connectivity index (χ0n) is 7.57. The van der Waals surface area contributed by atoms with Crippen molar-refractivity contribution >= 4 is 21.9 Å². The molecule has 0 aliphatic rings. The van der Waals surface area contributed by atoms with Gasteiger partial charge in [-0.15, -0.1) is 0 Å². The number of halogens is 1. The summed E-state index contributed by atoms with van der Waals surface area (Å²) in [7, 11) is 0. The van der Waals surface area contributed by atoms with Gasteiger partial charge in [-0.2, -0.15) is 0 Å². The highest BCUT2D eigenvalue weighted by atomic mass is 79.9. The van der Waals surface area contributed by atoms with E-state index in [9.17, 15) is 4.79 Å². The van der Waals surface area contributed by atoms with Crippen molar-refractivity contribution in [3.05, 3.63) is 34.3 Å². The van der Waals surface area contributed by atoms with Gasteiger partial charge in [-0.1, -0.05) is 28.1 Å². The van der Waals surface area contributed by atoms with Gasteiger partial charge in [-0.3, -0.25) is 4.79 Å². The lowest BCUT2D eigenvalue weighted by atomic mass is 10.2. The zero-order chi connectivity index (χ0) is 10.4. The van der Waals surface area contributed by atoms with Crippen LogP contribution >= 0.6 is 15.9 Å². The largest absolute Gasteiger partial charge is 0.481 e. The summed E-state index contributed by atoms with van der Waals surface area (Å²) in [6.45, 7) is 0.703. The zero-order valence-corrected chi connectivity index (χ0v) is 9.16. The van der Waals surface area contributed by atoms with Crippen LogP contribution in [0.25, 0.3) is 0 Å². The average Bonchev–Trinajstić information content (AvgIpc) is 2.12. The van der Waals surface area contributed by atoms with E-state index in [1.54, 1.807) is 0 Å². The van der Waals surface area contributed by atoms with E-state index >= 15 is 0 Å². The molecule has 0 amide bonds. The highest BCUT2D eigenvalue weighted by Gasteiger charge is 1.97. The van der Waals surface area contributed by atoms with Crippen LogP contribution in [0.4, 0.5) is 0 Å². The van der Waals surface area contributed by atoms with Gasteiger partial charge >= 0.3 is 5.97 Å². The summed E-state index contributed by atoms with van der Waals surface area (Å²) in [6, 6.07) is 7.73. The van der Waals surface area contributed by atoms with Crippen molar-refractivity contribution in [1.82, 2.24) is 0 Å². The Morgan fingerprint density at radius 3 is 2.93 bits per heavy atom. The molecule has 0 fully saturated rings. The molecule has 0 heterocycles. The molecule has 0 spiro atoms. The van der Waals surface area contributed by atoms with Crippen LogP contribution < -0.4 is 0 Å². The van der Waals surface area contributed by atoms with Crippen LogP contribution in [0.5, 0.6) is 0 Å². The maximum Gasteiger partial charge on any atom is 0.305 e. The standard InChI is InChI=1S/C10H11BrO3/c11-9-3-1-2-8(6-9)7-14-5-4-10(12)13/h1-3,6H,4-5,7H2,(H,12,13). The van der Waals surface area contributed by atoms with Crippen LogP contribution in [0.2, 0.25) is 0 Å². The van der Waals surface area contributed by atoms with Crippen LogP contribution in [0.15, 0.2) is 28.7 Å². The van der Waals surface area contributed by atoms with Gasteiger partial charge in [0.25, 0.3) is 0 Å². The van der Waals surface area contributed by atoms with E-state index in [1.807, 2.05) is 24.3 Å². The van der Waals surface area contributed by atoms with Gasteiger partial charge in [0.15, 0.2) is 0 Å². The molecular weight excluding hydrogens is 248 g/mol. The Bertz CT molecular complexity index is 312. The average molecular weight is 259 g/mol. The van der Waals surface area contributed by atoms with E-state index in [1.165, 1.54) is 0 Å². The molecule has 0 bridgehead atoms. The Labute approximate surface area is 90.8 Å². The first kappa shape index (κ1) is 11.2. The van der Waals surface area contributed by atoms with E-state index in [0.29, 0.717) is 6.61 Å². The molecule has 1 N–H and O–H groups in total. The van der Waals surface area contributed by atoms with Crippen molar-refractivity contribution in [1.29, 1.82) is 0 Å². The van der Waals surface area contributed by atoms with Crippen LogP contribution in [-0.2, 0) is 16.1 Å². The van der Waals surface area contributed by atoms with Crippen molar-refractivity contribution in [2.24, 2.45) is 0 Å². The Morgan fingerprint density at radius 1 is 1.50 bits per heavy atom. The fourth-order valence-electron chi connectivity index (χ4n) is 0.976. The molecule has 0 aliphatic carbocycles. The Kier molecular flexibility index (Phi) is 4.62. The van der Waals surface area contributed by atoms with Crippen LogP contribution in [-0.4, -0.2) is 17.7 Å². The van der Waals surface area contributed by atoms with E-state index in [0.717, 1.165) is 10.0 Å². The second kappa shape index (κ2) is 5.78. The smallest absolute Gasteiger partial charge is 0.305 e. The third-order valence-electron chi connectivity index (χ3n) is 1.62. The summed E-state index contributed by atoms with van der Waals surface area (Å²) in [5.41, 5.74) is 1.03. The maximum atomic E-state index is 10.2. The molecule has 1 rings (SSSR count). The minimum atomic E-state index is -0.834. The normalized spacial score (nSPS) is 10.1. The second-order valence-electron chi connectivity index (χ2n) is 2.83. The van der Waals surface area contributed by atoms with Gasteiger partial charge in [0.05, 0.1) is 19.6 Å². The monoisotopic (exact) mass is 258 g/mol. The third kappa shape index (κ3) is 4.39. The van der Waals surface area contributed by atoms with Gasteiger partial charge in [-0.25, -0.2) is 0 Å². The lowest BCUT2D eigenvalue weighted by Crippen LogP contribution is -2.02. The van der Waals surface area contributed by atoms with Gasteiger partial charge in [-0.05, 0) is 17.7 Å². The molecular formula is C10H11BrO3. The van der Waals surface area contributed by atoms with Crippen LogP contribution in [0.3, 0.4) is 0 Å². The molecule has 76 valence electrons. The molecule has 0 unspecified atom stereocenters. The van der Waals surface area contributed by atoms with Crippen LogP contribution in [0.1, 0.15) is 12.0 Å². The summed E-state index contributed by atoms with van der Waals surface area (Å²) < 4.78 is 6.18. The first-order chi connectivity index (χ1) is 6.68. The third-order valence-corrected chi connectivity index (χ3v) is 2.11. The van der Waals surface area contributed by atoms with Gasteiger partial charge in [0, 0.05) is 4.47 Å². The number of benzene rings is 1. The predicted molar refractivity (Wildman–Crippen MR) is 56.1 cm³/mol. The fourth-order valence-corrected chi connectivity index (χ4v) is 1.42. The van der Waals surface area contributed by atoms with Crippen molar-refractivity contribution in [2.75, 3.05) is 6.61 Å².